The van der Waals surface area contributed by atoms with Crippen LogP contribution in [0.5, 0.6) is 0 Å². The monoisotopic (exact) mass is 704 g/mol. The molecular weight excluding hydrogens is 657 g/mol. The molecule has 0 aromatic rings. The summed E-state index contributed by atoms with van der Waals surface area (Å²) < 4.78 is 56.5. The molecule has 1 aliphatic heterocycles. The van der Waals surface area contributed by atoms with Gasteiger partial charge in [-0.05, 0) is 54.0 Å². The van der Waals surface area contributed by atoms with Gasteiger partial charge in [-0.15, -0.1) is 0 Å². The maximum Gasteiger partial charge on any atom is 0.372 e. The number of hydrogen-bond donors (Lipinski definition) is 0. The lowest BCUT2D eigenvalue weighted by atomic mass is 10.6. The molecule has 0 amide bonds. The lowest BCUT2D eigenvalue weighted by Crippen LogP contribution is -2.23. The molecule has 20 heteroatoms. The zero-order valence-corrected chi connectivity index (χ0v) is 32.7. The van der Waals surface area contributed by atoms with Crippen molar-refractivity contribution in [1.29, 1.82) is 0 Å². The normalized spacial score (nSPS) is 13.3. The molecule has 44 heavy (non-hydrogen) atoms. The van der Waals surface area contributed by atoms with Crippen LogP contribution >= 0.6 is 0 Å². The molecule has 0 aromatic carbocycles. The van der Waals surface area contributed by atoms with Crippen molar-refractivity contribution >= 4 is 63.9 Å². The molecule has 1 aliphatic rings. The number of rotatable bonds is 12. The van der Waals surface area contributed by atoms with Crippen LogP contribution in [-0.2, 0) is 73.5 Å². The maximum absolute atomic E-state index is 10.5. The van der Waals surface area contributed by atoms with Gasteiger partial charge in [0, 0.05) is 0 Å². The fraction of sp³-hybridized carbons (Fsp3) is 0.500. The van der Waals surface area contributed by atoms with Crippen LogP contribution in [-0.4, -0.2) is 119 Å². The Morgan fingerprint density at radius 3 is 0.705 bits per heavy atom. The van der Waals surface area contributed by atoms with Gasteiger partial charge >= 0.3 is 23.9 Å². The summed E-state index contributed by atoms with van der Waals surface area (Å²) in [4.78, 5) is 41.8. The van der Waals surface area contributed by atoms with Gasteiger partial charge in [0.05, 0.1) is 54.9 Å². The smallest absolute Gasteiger partial charge is 0.372 e. The Morgan fingerprint density at radius 1 is 0.432 bits per heavy atom. The highest BCUT2D eigenvalue weighted by molar-refractivity contribution is 6.50. The van der Waals surface area contributed by atoms with Gasteiger partial charge in [0.2, 0.25) is 0 Å². The van der Waals surface area contributed by atoms with E-state index in [1.54, 1.807) is 27.7 Å². The summed E-state index contributed by atoms with van der Waals surface area (Å²) in [5, 5.41) is 0. The molecule has 0 spiro atoms. The molecule has 0 N–H and O–H groups in total. The minimum Gasteiger partial charge on any atom is -0.487 e. The van der Waals surface area contributed by atoms with E-state index in [1.807, 2.05) is 0 Å². The van der Waals surface area contributed by atoms with E-state index in [-0.39, 0.29) is 23.0 Å². The van der Waals surface area contributed by atoms with Crippen molar-refractivity contribution in [3.05, 3.63) is 49.4 Å². The Labute approximate surface area is 269 Å². The highest BCUT2D eigenvalue weighted by atomic mass is 28.4. The number of hydrogen-bond acceptors (Lipinski definition) is 16. The third kappa shape index (κ3) is 33.3. The van der Waals surface area contributed by atoms with Crippen LogP contribution in [0.2, 0.25) is 0 Å². The second-order valence-corrected chi connectivity index (χ2v) is 14.2. The predicted molar refractivity (Wildman–Crippen MR) is 170 cm³/mol. The summed E-state index contributed by atoms with van der Waals surface area (Å²) in [5.74, 6) is -1.84. The highest BCUT2D eigenvalue weighted by Crippen LogP contribution is 1.96. The highest BCUT2D eigenvalue weighted by Gasteiger charge is 2.06. The first kappa shape index (κ1) is 47.7. The quantitative estimate of drug-likeness (QED) is 0.0785. The standard InChI is InChI=1S/4C6H10O3.H8O4Si4/c4*1-4-9-5(2)6(7)8-3;1-5-2-7-4-8-3-6-1/h4*2,4H2,1,3H3;5-8H2. The van der Waals surface area contributed by atoms with E-state index in [9.17, 15) is 19.2 Å². The Bertz CT molecular complexity index is 710. The molecule has 0 radical (unpaired) electrons. The predicted octanol–water partition coefficient (Wildman–Crippen LogP) is -1.10. The van der Waals surface area contributed by atoms with E-state index < -0.39 is 63.9 Å². The molecule has 256 valence electrons. The van der Waals surface area contributed by atoms with Gasteiger partial charge in [-0.25, -0.2) is 19.2 Å². The second kappa shape index (κ2) is 35.9. The Balaban J connectivity index is -0.000000227. The number of esters is 4. The molecule has 0 aliphatic carbocycles. The van der Waals surface area contributed by atoms with Gasteiger partial charge in [0.25, 0.3) is 40.0 Å². The van der Waals surface area contributed by atoms with Crippen LogP contribution in [0, 0.1) is 0 Å². The molecular formula is C24H48O16Si4. The first-order chi connectivity index (χ1) is 20.9. The first-order valence-corrected chi connectivity index (χ1v) is 17.4. The third-order valence-corrected chi connectivity index (χ3v) is 8.93. The van der Waals surface area contributed by atoms with Crippen molar-refractivity contribution in [2.75, 3.05) is 54.9 Å². The largest absolute Gasteiger partial charge is 0.487 e. The Hall–Kier alpha value is -3.25. The maximum atomic E-state index is 10.5. The molecule has 1 saturated heterocycles. The lowest BCUT2D eigenvalue weighted by Gasteiger charge is -2.10. The van der Waals surface area contributed by atoms with E-state index in [2.05, 4.69) is 45.3 Å². The van der Waals surface area contributed by atoms with Crippen molar-refractivity contribution in [2.24, 2.45) is 0 Å². The number of carbonyl (C=O) groups is 4. The number of carbonyl (C=O) groups excluding carboxylic acids is 4. The fourth-order valence-electron chi connectivity index (χ4n) is 1.76. The first-order valence-electron chi connectivity index (χ1n) is 12.8. The summed E-state index contributed by atoms with van der Waals surface area (Å²) in [6, 6.07) is 0. The summed E-state index contributed by atoms with van der Waals surface area (Å²) in [5.41, 5.74) is 0. The van der Waals surface area contributed by atoms with E-state index in [0.29, 0.717) is 26.4 Å². The Kier molecular flexibility index (Phi) is 38.9. The van der Waals surface area contributed by atoms with Crippen molar-refractivity contribution < 1.29 is 73.5 Å². The molecule has 16 nitrogen and oxygen atoms in total. The second-order valence-electron chi connectivity index (χ2n) is 6.68. The molecule has 0 bridgehead atoms. The van der Waals surface area contributed by atoms with Crippen molar-refractivity contribution in [2.45, 2.75) is 27.7 Å². The minimum absolute atomic E-state index is 0.0556. The third-order valence-electron chi connectivity index (χ3n) is 3.59. The van der Waals surface area contributed by atoms with Gasteiger partial charge in [-0.1, -0.05) is 0 Å². The van der Waals surface area contributed by atoms with E-state index >= 15 is 0 Å². The van der Waals surface area contributed by atoms with Gasteiger partial charge in [0.1, 0.15) is 0 Å². The SMILES string of the molecule is C=C(OCC)C(=O)OC.C=C(OCC)C(=O)OC.C=C(OCC)C(=O)OC.C=C(OCC)C(=O)OC.O1[SiH2]O[SiH2]O[SiH2]O[SiH2]1. The molecule has 1 fully saturated rings. The number of methoxy groups -OCH3 is 4. The fourth-order valence-corrected chi connectivity index (χ4v) is 8.98. The van der Waals surface area contributed by atoms with Gasteiger partial charge in [0.15, 0.2) is 23.0 Å². The minimum atomic E-state index is -0.653. The van der Waals surface area contributed by atoms with Crippen molar-refractivity contribution in [3.63, 3.8) is 0 Å². The average Bonchev–Trinajstić information content (AvgIpc) is 3.00. The van der Waals surface area contributed by atoms with Crippen LogP contribution in [0.4, 0.5) is 0 Å². The summed E-state index contributed by atoms with van der Waals surface area (Å²) in [7, 11) is 2.53. The summed E-state index contributed by atoms with van der Waals surface area (Å²) in [6.45, 7) is 22.1. The van der Waals surface area contributed by atoms with Crippen LogP contribution < -0.4 is 0 Å². The van der Waals surface area contributed by atoms with E-state index in [1.165, 1.54) is 28.4 Å². The lowest BCUT2D eigenvalue weighted by molar-refractivity contribution is -0.140. The molecule has 0 aromatic heterocycles. The Morgan fingerprint density at radius 2 is 0.591 bits per heavy atom. The van der Waals surface area contributed by atoms with E-state index in [0.717, 1.165) is 0 Å². The van der Waals surface area contributed by atoms with Crippen molar-refractivity contribution in [1.82, 2.24) is 0 Å². The van der Waals surface area contributed by atoms with E-state index in [4.69, 9.17) is 35.4 Å². The van der Waals surface area contributed by atoms with Crippen LogP contribution in [0.3, 0.4) is 0 Å². The van der Waals surface area contributed by atoms with Gasteiger partial charge < -0.3 is 54.4 Å². The molecule has 0 saturated carbocycles. The zero-order chi connectivity index (χ0) is 34.8. The van der Waals surface area contributed by atoms with Gasteiger partial charge in [-0.2, -0.15) is 0 Å². The molecule has 0 unspecified atom stereocenters. The van der Waals surface area contributed by atoms with Crippen LogP contribution in [0.25, 0.3) is 0 Å². The summed E-state index contributed by atoms with van der Waals surface area (Å²) in [6.07, 6.45) is 0. The van der Waals surface area contributed by atoms with Crippen molar-refractivity contribution in [3.8, 4) is 0 Å². The molecule has 1 rings (SSSR count). The van der Waals surface area contributed by atoms with Crippen LogP contribution in [0.15, 0.2) is 49.4 Å². The molecule has 1 heterocycles. The average molecular weight is 705 g/mol. The summed E-state index contributed by atoms with van der Waals surface area (Å²) >= 11 is 0. The molecule has 0 atom stereocenters. The van der Waals surface area contributed by atoms with Gasteiger partial charge in [-0.3, -0.25) is 0 Å². The topological polar surface area (TPSA) is 179 Å². The van der Waals surface area contributed by atoms with Crippen LogP contribution in [0.1, 0.15) is 27.7 Å². The number of ether oxygens (including phenoxy) is 8. The zero-order valence-electron chi connectivity index (χ0n) is 27.0.